The van der Waals surface area contributed by atoms with Gasteiger partial charge in [0.05, 0.1) is 30.1 Å². The molecular formula is C16H26N4O3. The first-order chi connectivity index (χ1) is 10.9. The number of morpholine rings is 1. The van der Waals surface area contributed by atoms with Gasteiger partial charge >= 0.3 is 6.03 Å². The summed E-state index contributed by atoms with van der Waals surface area (Å²) < 4.78 is 13.6. The molecule has 3 rings (SSSR count). The zero-order valence-corrected chi connectivity index (χ0v) is 14.3. The van der Waals surface area contributed by atoms with Gasteiger partial charge in [-0.1, -0.05) is 6.92 Å². The van der Waals surface area contributed by atoms with Gasteiger partial charge in [-0.15, -0.1) is 0 Å². The molecule has 1 spiro atoms. The third kappa shape index (κ3) is 3.07. The van der Waals surface area contributed by atoms with E-state index in [0.29, 0.717) is 19.7 Å². The van der Waals surface area contributed by atoms with Gasteiger partial charge < -0.3 is 19.7 Å². The molecule has 1 aromatic rings. The standard InChI is InChI=1S/C16H26N4O3/c1-5-13-14(9-19(4)18-13)17-15(21)20-8-11(2)23-16(10-20)6-7-22-12(16)3/h9,11-12H,5-8,10H2,1-4H3,(H,17,21). The molecule has 0 saturated carbocycles. The van der Waals surface area contributed by atoms with Crippen LogP contribution in [0.1, 0.15) is 32.9 Å². The topological polar surface area (TPSA) is 68.6 Å². The predicted molar refractivity (Wildman–Crippen MR) is 86.5 cm³/mol. The van der Waals surface area contributed by atoms with Gasteiger partial charge in [-0.2, -0.15) is 5.10 Å². The minimum absolute atomic E-state index is 0.00167. The Balaban J connectivity index is 1.73. The number of nitrogens with zero attached hydrogens (tertiary/aromatic N) is 3. The van der Waals surface area contributed by atoms with Crippen molar-refractivity contribution in [2.45, 2.75) is 51.4 Å². The Bertz CT molecular complexity index is 588. The number of hydrogen-bond donors (Lipinski definition) is 1. The van der Waals surface area contributed by atoms with Gasteiger partial charge in [0.2, 0.25) is 0 Å². The van der Waals surface area contributed by atoms with E-state index in [4.69, 9.17) is 9.47 Å². The van der Waals surface area contributed by atoms with Crippen LogP contribution in [0.25, 0.3) is 0 Å². The van der Waals surface area contributed by atoms with Gasteiger partial charge in [-0.25, -0.2) is 4.79 Å². The van der Waals surface area contributed by atoms with Crippen molar-refractivity contribution in [2.75, 3.05) is 25.0 Å². The molecule has 3 heterocycles. The number of carbonyl (C=O) groups excluding carboxylic acids is 1. The SMILES string of the molecule is CCc1nn(C)cc1NC(=O)N1CC(C)OC2(CCOC2C)C1. The molecule has 128 valence electrons. The van der Waals surface area contributed by atoms with E-state index in [0.717, 1.165) is 24.2 Å². The monoisotopic (exact) mass is 322 g/mol. The average Bonchev–Trinajstić information content (AvgIpc) is 3.01. The molecule has 1 aromatic heterocycles. The maximum atomic E-state index is 12.7. The number of urea groups is 1. The highest BCUT2D eigenvalue weighted by Crippen LogP contribution is 2.35. The maximum absolute atomic E-state index is 12.7. The molecule has 0 aromatic carbocycles. The Morgan fingerprint density at radius 3 is 2.96 bits per heavy atom. The summed E-state index contributed by atoms with van der Waals surface area (Å²) in [6.07, 6.45) is 3.46. The predicted octanol–water partition coefficient (Wildman–Crippen LogP) is 1.78. The summed E-state index contributed by atoms with van der Waals surface area (Å²) in [6.45, 7) is 7.90. The summed E-state index contributed by atoms with van der Waals surface area (Å²) in [5, 5.41) is 7.37. The van der Waals surface area contributed by atoms with Crippen LogP contribution in [-0.2, 0) is 22.9 Å². The van der Waals surface area contributed by atoms with Crippen molar-refractivity contribution in [3.8, 4) is 0 Å². The average molecular weight is 322 g/mol. The third-order valence-electron chi connectivity index (χ3n) is 4.77. The Labute approximate surface area is 136 Å². The van der Waals surface area contributed by atoms with E-state index in [2.05, 4.69) is 10.4 Å². The first-order valence-electron chi connectivity index (χ1n) is 8.31. The largest absolute Gasteiger partial charge is 0.375 e. The van der Waals surface area contributed by atoms with Crippen molar-refractivity contribution >= 4 is 11.7 Å². The molecule has 7 heteroatoms. The lowest BCUT2D eigenvalue weighted by atomic mass is 9.93. The van der Waals surface area contributed by atoms with Crippen molar-refractivity contribution in [3.63, 3.8) is 0 Å². The quantitative estimate of drug-likeness (QED) is 0.901. The van der Waals surface area contributed by atoms with Gasteiger partial charge in [0.1, 0.15) is 5.60 Å². The van der Waals surface area contributed by atoms with Crippen LogP contribution in [0.4, 0.5) is 10.5 Å². The second-order valence-electron chi connectivity index (χ2n) is 6.58. The van der Waals surface area contributed by atoms with Crippen LogP contribution in [0.15, 0.2) is 6.20 Å². The lowest BCUT2D eigenvalue weighted by Crippen LogP contribution is -2.60. The summed E-state index contributed by atoms with van der Waals surface area (Å²) in [5.41, 5.74) is 1.30. The second-order valence-corrected chi connectivity index (χ2v) is 6.58. The normalized spacial score (nSPS) is 30.9. The van der Waals surface area contributed by atoms with Gasteiger partial charge in [0.15, 0.2) is 0 Å². The molecule has 1 N–H and O–H groups in total. The van der Waals surface area contributed by atoms with Crippen molar-refractivity contribution in [3.05, 3.63) is 11.9 Å². The molecule has 0 radical (unpaired) electrons. The van der Waals surface area contributed by atoms with E-state index in [1.165, 1.54) is 0 Å². The zero-order valence-electron chi connectivity index (χ0n) is 14.3. The van der Waals surface area contributed by atoms with Crippen molar-refractivity contribution in [2.24, 2.45) is 7.05 Å². The van der Waals surface area contributed by atoms with Gasteiger partial charge in [0.25, 0.3) is 0 Å². The second kappa shape index (κ2) is 6.13. The fourth-order valence-electron chi connectivity index (χ4n) is 3.55. The Morgan fingerprint density at radius 2 is 2.30 bits per heavy atom. The first-order valence-corrected chi connectivity index (χ1v) is 8.31. The van der Waals surface area contributed by atoms with E-state index in [-0.39, 0.29) is 23.8 Å². The molecule has 2 fully saturated rings. The molecule has 2 amide bonds. The lowest BCUT2D eigenvalue weighted by Gasteiger charge is -2.44. The van der Waals surface area contributed by atoms with E-state index in [9.17, 15) is 4.79 Å². The number of aromatic nitrogens is 2. The smallest absolute Gasteiger partial charge is 0.322 e. The van der Waals surface area contributed by atoms with E-state index in [1.54, 1.807) is 4.68 Å². The maximum Gasteiger partial charge on any atom is 0.322 e. The van der Waals surface area contributed by atoms with Crippen molar-refractivity contribution in [1.82, 2.24) is 14.7 Å². The summed E-state index contributed by atoms with van der Waals surface area (Å²) in [4.78, 5) is 14.6. The number of anilines is 1. The van der Waals surface area contributed by atoms with Gasteiger partial charge in [-0.05, 0) is 20.3 Å². The summed E-state index contributed by atoms with van der Waals surface area (Å²) in [5.74, 6) is 0. The Kier molecular flexibility index (Phi) is 4.33. The van der Waals surface area contributed by atoms with Crippen LogP contribution in [0.5, 0.6) is 0 Å². The van der Waals surface area contributed by atoms with Crippen LogP contribution in [0.3, 0.4) is 0 Å². The third-order valence-corrected chi connectivity index (χ3v) is 4.77. The molecule has 3 unspecified atom stereocenters. The van der Waals surface area contributed by atoms with Crippen molar-refractivity contribution in [1.29, 1.82) is 0 Å². The van der Waals surface area contributed by atoms with Crippen LogP contribution in [0.2, 0.25) is 0 Å². The summed E-state index contributed by atoms with van der Waals surface area (Å²) in [6, 6.07) is -0.0960. The molecule has 0 aliphatic carbocycles. The first kappa shape index (κ1) is 16.3. The molecule has 7 nitrogen and oxygen atoms in total. The van der Waals surface area contributed by atoms with Crippen molar-refractivity contribution < 1.29 is 14.3 Å². The van der Waals surface area contributed by atoms with Crippen LogP contribution in [-0.4, -0.2) is 58.2 Å². The van der Waals surface area contributed by atoms with Gasteiger partial charge in [0, 0.05) is 32.8 Å². The van der Waals surface area contributed by atoms with Crippen LogP contribution < -0.4 is 5.32 Å². The number of amides is 2. The summed E-state index contributed by atoms with van der Waals surface area (Å²) >= 11 is 0. The number of carbonyl (C=O) groups is 1. The minimum atomic E-state index is -0.377. The number of rotatable bonds is 2. The number of ether oxygens (including phenoxy) is 2. The number of hydrogen-bond acceptors (Lipinski definition) is 4. The zero-order chi connectivity index (χ0) is 16.6. The van der Waals surface area contributed by atoms with Gasteiger partial charge in [-0.3, -0.25) is 4.68 Å². The molecule has 2 aliphatic heterocycles. The Hall–Kier alpha value is -1.60. The lowest BCUT2D eigenvalue weighted by molar-refractivity contribution is -0.159. The number of nitrogens with one attached hydrogen (secondary N) is 1. The molecule has 3 atom stereocenters. The summed E-state index contributed by atoms with van der Waals surface area (Å²) in [7, 11) is 1.86. The van der Waals surface area contributed by atoms with Crippen LogP contribution >= 0.6 is 0 Å². The molecule has 23 heavy (non-hydrogen) atoms. The molecular weight excluding hydrogens is 296 g/mol. The molecule has 2 aliphatic rings. The highest BCUT2D eigenvalue weighted by molar-refractivity contribution is 5.90. The van der Waals surface area contributed by atoms with E-state index in [1.807, 2.05) is 38.9 Å². The number of aryl methyl sites for hydroxylation is 2. The van der Waals surface area contributed by atoms with E-state index >= 15 is 0 Å². The Morgan fingerprint density at radius 1 is 1.52 bits per heavy atom. The van der Waals surface area contributed by atoms with E-state index < -0.39 is 0 Å². The minimum Gasteiger partial charge on any atom is -0.375 e. The fraction of sp³-hybridized carbons (Fsp3) is 0.750. The van der Waals surface area contributed by atoms with Crippen LogP contribution in [0, 0.1) is 0 Å². The molecule has 0 bridgehead atoms. The highest BCUT2D eigenvalue weighted by atomic mass is 16.6. The molecule has 2 saturated heterocycles. The highest BCUT2D eigenvalue weighted by Gasteiger charge is 2.48. The fourth-order valence-corrected chi connectivity index (χ4v) is 3.55.